The molecule has 2 saturated heterocycles. The number of nitrogens with two attached hydrogens (primary N) is 2. The van der Waals surface area contributed by atoms with E-state index >= 15 is 0 Å². The predicted molar refractivity (Wildman–Crippen MR) is 197 cm³/mol. The molecule has 1 aliphatic carbocycles. The predicted octanol–water partition coefficient (Wildman–Crippen LogP) is -0.709. The van der Waals surface area contributed by atoms with Gasteiger partial charge in [0.2, 0.25) is 17.6 Å². The molecule has 2 aliphatic heterocycles. The highest BCUT2D eigenvalue weighted by molar-refractivity contribution is 7.61. The number of phosphoric acid groups is 2. The largest absolute Gasteiger partial charge is 0.481 e. The first-order valence-electron chi connectivity index (χ1n) is 17.7. The molecule has 4 heterocycles. The molecule has 6 unspecified atom stereocenters. The molecule has 11 N–H and O–H groups in total. The van der Waals surface area contributed by atoms with Crippen LogP contribution >= 0.6 is 15.6 Å². The third-order valence-corrected chi connectivity index (χ3v) is 12.4. The molecule has 24 heteroatoms. The number of phosphoric ester groups is 2. The number of nitrogens with one attached hydrogen (secondary N) is 1. The van der Waals surface area contributed by atoms with Gasteiger partial charge in [-0.05, 0) is 48.3 Å². The summed E-state index contributed by atoms with van der Waals surface area (Å²) in [5, 5.41) is 45.2. The van der Waals surface area contributed by atoms with E-state index in [0.717, 1.165) is 19.3 Å². The number of terminal acetylenes is 1. The number of nitrogens with zero attached hydrogens (tertiary/aromatic N) is 4. The van der Waals surface area contributed by atoms with Crippen LogP contribution < -0.4 is 16.8 Å². The fourth-order valence-corrected chi connectivity index (χ4v) is 8.61. The van der Waals surface area contributed by atoms with Crippen LogP contribution in [0.4, 0.5) is 5.82 Å². The van der Waals surface area contributed by atoms with Crippen LogP contribution in [0.5, 0.6) is 0 Å². The summed E-state index contributed by atoms with van der Waals surface area (Å²) in [6.07, 6.45) is -2.07. The second kappa shape index (κ2) is 17.5. The lowest BCUT2D eigenvalue weighted by Gasteiger charge is -2.20. The molecule has 1 saturated carbocycles. The first-order valence-corrected chi connectivity index (χ1v) is 20.7. The van der Waals surface area contributed by atoms with E-state index in [9.17, 15) is 48.9 Å². The van der Waals surface area contributed by atoms with E-state index in [2.05, 4.69) is 42.3 Å². The molecular formula is C34H41N7O15P2. The highest BCUT2D eigenvalue weighted by atomic mass is 31.3. The van der Waals surface area contributed by atoms with Crippen LogP contribution in [0.3, 0.4) is 0 Å². The number of hydrogen-bond donors (Lipinski definition) is 9. The summed E-state index contributed by atoms with van der Waals surface area (Å²) in [4.78, 5) is 56.9. The number of ether oxygens (including phenoxy) is 2. The van der Waals surface area contributed by atoms with Gasteiger partial charge in [-0.25, -0.2) is 24.1 Å². The van der Waals surface area contributed by atoms with Crippen molar-refractivity contribution >= 4 is 44.4 Å². The molecule has 0 bridgehead atoms. The Bertz CT molecular complexity index is 2240. The molecule has 3 fully saturated rings. The maximum Gasteiger partial charge on any atom is 0.481 e. The minimum Gasteiger partial charge on any atom is -0.387 e. The van der Waals surface area contributed by atoms with Gasteiger partial charge in [0.1, 0.15) is 48.2 Å². The Kier molecular flexibility index (Phi) is 13.0. The highest BCUT2D eigenvalue weighted by Gasteiger charge is 2.48. The van der Waals surface area contributed by atoms with Gasteiger partial charge in [0.15, 0.2) is 17.7 Å². The van der Waals surface area contributed by atoms with Gasteiger partial charge in [-0.2, -0.15) is 4.31 Å². The number of imidazole rings is 1. The zero-order valence-corrected chi connectivity index (χ0v) is 32.2. The van der Waals surface area contributed by atoms with E-state index in [1.165, 1.54) is 35.2 Å². The lowest BCUT2D eigenvalue weighted by molar-refractivity contribution is -0.122. The fourth-order valence-electron chi connectivity index (χ4n) is 6.52. The minimum atomic E-state index is -5.45. The van der Waals surface area contributed by atoms with Crippen LogP contribution in [-0.2, 0) is 36.8 Å². The van der Waals surface area contributed by atoms with Gasteiger partial charge < -0.3 is 56.5 Å². The number of benzene rings is 1. The molecule has 0 radical (unpaired) electrons. The van der Waals surface area contributed by atoms with Crippen molar-refractivity contribution in [2.45, 2.75) is 81.1 Å². The number of aliphatic hydroxyl groups is 4. The van der Waals surface area contributed by atoms with E-state index in [0.29, 0.717) is 12.8 Å². The number of fused-ring (bicyclic) bond motifs is 1. The molecule has 6 rings (SSSR count). The first-order chi connectivity index (χ1) is 27.4. The van der Waals surface area contributed by atoms with Gasteiger partial charge in [0, 0.05) is 18.4 Å². The molecule has 58 heavy (non-hydrogen) atoms. The van der Waals surface area contributed by atoms with E-state index in [1.807, 2.05) is 0 Å². The Morgan fingerprint density at radius 1 is 1.02 bits per heavy atom. The number of aliphatic hydroxyl groups excluding tert-OH is 4. The Balaban J connectivity index is 1.02. The zero-order chi connectivity index (χ0) is 42.0. The number of aromatic nitrogens is 4. The number of carbonyl (C=O) groups excluding carboxylic acids is 2. The number of nitrogen functional groups attached to an aromatic ring is 1. The molecule has 3 aliphatic rings. The van der Waals surface area contributed by atoms with Crippen molar-refractivity contribution in [2.75, 3.05) is 25.5 Å². The summed E-state index contributed by atoms with van der Waals surface area (Å²) < 4.78 is 51.6. The lowest BCUT2D eigenvalue weighted by Crippen LogP contribution is -2.33. The summed E-state index contributed by atoms with van der Waals surface area (Å²) >= 11 is 0. The molecular weight excluding hydrogens is 808 g/mol. The van der Waals surface area contributed by atoms with Crippen LogP contribution in [-0.4, -0.2) is 118 Å². The SMILES string of the molecule is C#CCCC1(CC(=O)NCC#Cc2nc(N)c3ncn([C@H]4O[C@@H](COP(=O)(O)OP(=O)(O)OC[C@H]5O[C@@H](c6cccc(C(N)=O)c6)C(O)C5O)C(O)C4O)c3n2)CC1. The number of anilines is 1. The Morgan fingerprint density at radius 2 is 1.69 bits per heavy atom. The lowest BCUT2D eigenvalue weighted by atomic mass is 9.96. The van der Waals surface area contributed by atoms with Crippen molar-refractivity contribution in [1.29, 1.82) is 0 Å². The summed E-state index contributed by atoms with van der Waals surface area (Å²) in [6.45, 7) is -1.87. The number of hydrogen-bond acceptors (Lipinski definition) is 17. The van der Waals surface area contributed by atoms with Gasteiger partial charge in [-0.1, -0.05) is 18.1 Å². The summed E-state index contributed by atoms with van der Waals surface area (Å²) in [5.41, 5.74) is 11.8. The number of rotatable bonds is 16. The van der Waals surface area contributed by atoms with Gasteiger partial charge in [0.05, 0.1) is 26.1 Å². The zero-order valence-electron chi connectivity index (χ0n) is 30.4. The van der Waals surface area contributed by atoms with Crippen molar-refractivity contribution < 1.29 is 71.8 Å². The standard InChI is InChI=1S/C34H41N7O15P2/c1-2-3-9-34(10-11-34)14-23(42)37-12-5-8-22-39-30(35)24-32(40-22)41(17-38-24)33-28(46)26(44)21(55-33)16-53-58(50,51)56-57(48,49)52-15-20-25(43)27(45)29(54-20)18-6-4-7-19(13-18)31(36)47/h1,4,6-7,13,17,20-21,25-29,33,43-46H,3,9-12,14-16H2,(H2,36,47)(H,37,42)(H,48,49)(H,50,51)(H2,35,39,40)/t20-,21+,25?,26?,27?,28?,29+,33+/m1/s1. The number of primary amides is 1. The van der Waals surface area contributed by atoms with Crippen LogP contribution in [0.1, 0.15) is 66.2 Å². The van der Waals surface area contributed by atoms with Gasteiger partial charge in [0.25, 0.3) is 0 Å². The molecule has 312 valence electrons. The van der Waals surface area contributed by atoms with Crippen molar-refractivity contribution in [3.8, 4) is 24.2 Å². The quantitative estimate of drug-likeness (QED) is 0.0635. The van der Waals surface area contributed by atoms with Gasteiger partial charge in [-0.3, -0.25) is 23.2 Å². The second-order valence-electron chi connectivity index (χ2n) is 13.9. The van der Waals surface area contributed by atoms with E-state index in [1.54, 1.807) is 0 Å². The van der Waals surface area contributed by atoms with Crippen molar-refractivity contribution in [2.24, 2.45) is 11.1 Å². The average Bonchev–Trinajstić information content (AvgIpc) is 3.56. The van der Waals surface area contributed by atoms with Gasteiger partial charge in [-0.15, -0.1) is 12.3 Å². The van der Waals surface area contributed by atoms with Crippen molar-refractivity contribution in [3.63, 3.8) is 0 Å². The van der Waals surface area contributed by atoms with Crippen LogP contribution in [0, 0.1) is 29.6 Å². The summed E-state index contributed by atoms with van der Waals surface area (Å²) in [6, 6.07) is 5.69. The Morgan fingerprint density at radius 3 is 2.34 bits per heavy atom. The van der Waals surface area contributed by atoms with Crippen LogP contribution in [0.2, 0.25) is 0 Å². The molecule has 22 nitrogen and oxygen atoms in total. The second-order valence-corrected chi connectivity index (χ2v) is 17.0. The van der Waals surface area contributed by atoms with E-state index in [-0.39, 0.29) is 51.8 Å². The van der Waals surface area contributed by atoms with Crippen molar-refractivity contribution in [3.05, 3.63) is 47.5 Å². The molecule has 3 aromatic rings. The highest BCUT2D eigenvalue weighted by Crippen LogP contribution is 2.61. The number of amides is 2. The normalized spacial score (nSPS) is 28.2. The smallest absolute Gasteiger partial charge is 0.387 e. The molecule has 2 aromatic heterocycles. The minimum absolute atomic E-state index is 0.00195. The molecule has 1 aromatic carbocycles. The molecule has 10 atom stereocenters. The van der Waals surface area contributed by atoms with E-state index < -0.39 is 83.7 Å². The first kappa shape index (κ1) is 43.2. The van der Waals surface area contributed by atoms with E-state index in [4.69, 9.17) is 36.4 Å². The monoisotopic (exact) mass is 849 g/mol. The fraction of sp³-hybridized carbons (Fsp3) is 0.500. The average molecular weight is 850 g/mol. The van der Waals surface area contributed by atoms with Crippen LogP contribution in [0.25, 0.3) is 11.2 Å². The topological polar surface area (TPSA) is 343 Å². The van der Waals surface area contributed by atoms with Crippen molar-refractivity contribution in [1.82, 2.24) is 24.8 Å². The maximum absolute atomic E-state index is 12.7. The maximum atomic E-state index is 12.7. The van der Waals surface area contributed by atoms with Crippen LogP contribution in [0.15, 0.2) is 30.6 Å². The summed E-state index contributed by atoms with van der Waals surface area (Å²) in [5.74, 6) is 6.99. The van der Waals surface area contributed by atoms with Gasteiger partial charge >= 0.3 is 15.6 Å². The number of carbonyl (C=O) groups is 2. The summed E-state index contributed by atoms with van der Waals surface area (Å²) in [7, 11) is -10.9. The molecule has 2 amide bonds. The Labute approximate surface area is 330 Å². The third kappa shape index (κ3) is 10.1. The third-order valence-electron chi connectivity index (χ3n) is 9.80. The molecule has 0 spiro atoms. The Hall–Kier alpha value is -4.35.